The van der Waals surface area contributed by atoms with E-state index in [1.807, 2.05) is 24.3 Å². The number of halogens is 3. The van der Waals surface area contributed by atoms with Crippen molar-refractivity contribution in [3.63, 3.8) is 0 Å². The first-order valence-electron chi connectivity index (χ1n) is 10.2. The monoisotopic (exact) mass is 450 g/mol. The van der Waals surface area contributed by atoms with E-state index >= 15 is 0 Å². The van der Waals surface area contributed by atoms with Crippen molar-refractivity contribution in [2.75, 3.05) is 6.54 Å². The highest BCUT2D eigenvalue weighted by atomic mass is 19.4. The van der Waals surface area contributed by atoms with Crippen LogP contribution in [0.1, 0.15) is 55.1 Å². The lowest BCUT2D eigenvalue weighted by molar-refractivity contribution is -0.306. The number of ether oxygens (including phenoxy) is 1. The van der Waals surface area contributed by atoms with E-state index in [2.05, 4.69) is 26.1 Å². The molecule has 0 heterocycles. The van der Waals surface area contributed by atoms with Gasteiger partial charge in [0.1, 0.15) is 12.4 Å². The molecular formula is C24H27F3NO4-. The number of amides is 1. The van der Waals surface area contributed by atoms with Crippen LogP contribution in [-0.2, 0) is 16.8 Å². The van der Waals surface area contributed by atoms with Gasteiger partial charge in [0, 0.05) is 18.1 Å². The van der Waals surface area contributed by atoms with Gasteiger partial charge in [0.25, 0.3) is 5.91 Å². The van der Waals surface area contributed by atoms with Crippen LogP contribution in [-0.4, -0.2) is 24.6 Å². The molecule has 0 radical (unpaired) electrons. The number of nitrogens with one attached hydrogen (secondary N) is 1. The molecule has 2 aromatic rings. The van der Waals surface area contributed by atoms with E-state index in [1.165, 1.54) is 17.7 Å². The van der Waals surface area contributed by atoms with Crippen molar-refractivity contribution in [2.24, 2.45) is 5.92 Å². The Morgan fingerprint density at radius 3 is 2.09 bits per heavy atom. The minimum absolute atomic E-state index is 0.0442. The maximum absolute atomic E-state index is 13.0. The van der Waals surface area contributed by atoms with Gasteiger partial charge in [-0.25, -0.2) is 0 Å². The van der Waals surface area contributed by atoms with E-state index in [9.17, 15) is 27.9 Å². The van der Waals surface area contributed by atoms with Crippen LogP contribution in [0.2, 0.25) is 0 Å². The van der Waals surface area contributed by atoms with Crippen molar-refractivity contribution in [3.05, 3.63) is 65.2 Å². The van der Waals surface area contributed by atoms with Crippen LogP contribution in [0.3, 0.4) is 0 Å². The Balaban J connectivity index is 1.89. The molecule has 174 valence electrons. The van der Waals surface area contributed by atoms with E-state index in [0.717, 1.165) is 5.56 Å². The molecule has 32 heavy (non-hydrogen) atoms. The summed E-state index contributed by atoms with van der Waals surface area (Å²) in [6.45, 7) is 5.94. The lowest BCUT2D eigenvalue weighted by Gasteiger charge is -2.21. The Morgan fingerprint density at radius 1 is 1.00 bits per heavy atom. The molecule has 5 nitrogen and oxygen atoms in total. The van der Waals surface area contributed by atoms with Gasteiger partial charge in [0.05, 0.1) is 5.92 Å². The van der Waals surface area contributed by atoms with Crippen molar-refractivity contribution in [2.45, 2.75) is 51.8 Å². The van der Waals surface area contributed by atoms with Gasteiger partial charge < -0.3 is 20.0 Å². The Labute approximate surface area is 185 Å². The van der Waals surface area contributed by atoms with E-state index < -0.39 is 43.4 Å². The number of benzene rings is 2. The zero-order chi connectivity index (χ0) is 23.9. The molecule has 2 aromatic carbocycles. The maximum atomic E-state index is 13.0. The second-order valence-electron chi connectivity index (χ2n) is 8.62. The third kappa shape index (κ3) is 7.90. The highest BCUT2D eigenvalue weighted by Gasteiger charge is 2.39. The zero-order valence-corrected chi connectivity index (χ0v) is 18.3. The fraction of sp³-hybridized carbons (Fsp3) is 0.417. The van der Waals surface area contributed by atoms with Crippen molar-refractivity contribution >= 4 is 11.9 Å². The average molecular weight is 450 g/mol. The summed E-state index contributed by atoms with van der Waals surface area (Å²) in [7, 11) is 0. The third-order valence-electron chi connectivity index (χ3n) is 5.01. The highest BCUT2D eigenvalue weighted by molar-refractivity contribution is 5.94. The fourth-order valence-corrected chi connectivity index (χ4v) is 2.96. The summed E-state index contributed by atoms with van der Waals surface area (Å²) in [5, 5.41) is 12.7. The minimum Gasteiger partial charge on any atom is -0.550 e. The molecule has 0 spiro atoms. The molecule has 0 fully saturated rings. The van der Waals surface area contributed by atoms with Gasteiger partial charge in [-0.05, 0) is 53.6 Å². The largest absolute Gasteiger partial charge is 0.550 e. The standard InChI is InChI=1S/C24H28F3NO4/c1-23(2,3)18-8-11-20(12-9-18)32-15-16-4-6-17(7-5-16)22(31)28-14-19(24(25,26)27)10-13-21(29)30/h4-9,11-12,19H,10,13-15H2,1-3H3,(H,28,31)(H,29,30)/p-1/t19-/m0/s1. The van der Waals surface area contributed by atoms with Gasteiger partial charge >= 0.3 is 6.18 Å². The van der Waals surface area contributed by atoms with Crippen molar-refractivity contribution in [1.29, 1.82) is 0 Å². The first-order chi connectivity index (χ1) is 14.9. The maximum Gasteiger partial charge on any atom is 0.393 e. The number of carbonyl (C=O) groups excluding carboxylic acids is 2. The van der Waals surface area contributed by atoms with Gasteiger partial charge in [-0.15, -0.1) is 0 Å². The van der Waals surface area contributed by atoms with E-state index in [-0.39, 0.29) is 17.6 Å². The van der Waals surface area contributed by atoms with E-state index in [0.29, 0.717) is 5.75 Å². The third-order valence-corrected chi connectivity index (χ3v) is 5.01. The van der Waals surface area contributed by atoms with Gasteiger partial charge in [-0.1, -0.05) is 45.0 Å². The number of rotatable bonds is 9. The number of hydrogen-bond donors (Lipinski definition) is 1. The molecule has 0 aliphatic rings. The molecule has 0 aliphatic carbocycles. The molecular weight excluding hydrogens is 423 g/mol. The van der Waals surface area contributed by atoms with Gasteiger partial charge in [0.2, 0.25) is 0 Å². The summed E-state index contributed by atoms with van der Waals surface area (Å²) < 4.78 is 44.8. The lowest BCUT2D eigenvalue weighted by atomic mass is 9.87. The summed E-state index contributed by atoms with van der Waals surface area (Å²) in [4.78, 5) is 22.6. The molecule has 0 aliphatic heterocycles. The predicted octanol–water partition coefficient (Wildman–Crippen LogP) is 4.00. The highest BCUT2D eigenvalue weighted by Crippen LogP contribution is 2.29. The normalized spacial score (nSPS) is 12.8. The summed E-state index contributed by atoms with van der Waals surface area (Å²) in [5.41, 5.74) is 2.22. The molecule has 0 saturated carbocycles. The quantitative estimate of drug-likeness (QED) is 0.626. The predicted molar refractivity (Wildman–Crippen MR) is 112 cm³/mol. The molecule has 0 aromatic heterocycles. The molecule has 8 heteroatoms. The summed E-state index contributed by atoms with van der Waals surface area (Å²) >= 11 is 0. The first-order valence-corrected chi connectivity index (χ1v) is 10.2. The first kappa shape index (κ1) is 25.2. The number of carboxylic acids is 1. The van der Waals surface area contributed by atoms with Crippen LogP contribution >= 0.6 is 0 Å². The Hall–Kier alpha value is -3.03. The Kier molecular flexibility index (Phi) is 8.30. The van der Waals surface area contributed by atoms with E-state index in [4.69, 9.17) is 4.74 Å². The number of alkyl halides is 3. The SMILES string of the molecule is CC(C)(C)c1ccc(OCc2ccc(C(=O)NC[C@H](CCC(=O)[O-])C(F)(F)F)cc2)cc1. The molecule has 0 saturated heterocycles. The fourth-order valence-electron chi connectivity index (χ4n) is 2.96. The zero-order valence-electron chi connectivity index (χ0n) is 18.3. The Morgan fingerprint density at radius 2 is 1.59 bits per heavy atom. The average Bonchev–Trinajstić information content (AvgIpc) is 2.71. The van der Waals surface area contributed by atoms with Gasteiger partial charge in [-0.2, -0.15) is 13.2 Å². The second-order valence-corrected chi connectivity index (χ2v) is 8.62. The smallest absolute Gasteiger partial charge is 0.393 e. The number of hydrogen-bond acceptors (Lipinski definition) is 4. The number of carboxylic acid groups (broad SMARTS) is 1. The molecule has 1 atom stereocenters. The minimum atomic E-state index is -4.62. The topological polar surface area (TPSA) is 78.5 Å². The Bertz CT molecular complexity index is 901. The molecule has 1 N–H and O–H groups in total. The number of carbonyl (C=O) groups is 2. The number of aliphatic carboxylic acids is 1. The summed E-state index contributed by atoms with van der Waals surface area (Å²) in [6, 6.07) is 14.1. The van der Waals surface area contributed by atoms with Crippen LogP contribution in [0.15, 0.2) is 48.5 Å². The lowest BCUT2D eigenvalue weighted by Crippen LogP contribution is -2.37. The van der Waals surface area contributed by atoms with Crippen LogP contribution in [0, 0.1) is 5.92 Å². The summed E-state index contributed by atoms with van der Waals surface area (Å²) in [5.74, 6) is -3.48. The molecule has 1 amide bonds. The van der Waals surface area contributed by atoms with Crippen molar-refractivity contribution < 1.29 is 32.6 Å². The molecule has 0 unspecified atom stereocenters. The molecule has 0 bridgehead atoms. The van der Waals surface area contributed by atoms with Crippen molar-refractivity contribution in [3.8, 4) is 5.75 Å². The van der Waals surface area contributed by atoms with E-state index in [1.54, 1.807) is 12.1 Å². The molecule has 2 rings (SSSR count). The van der Waals surface area contributed by atoms with Gasteiger partial charge in [-0.3, -0.25) is 4.79 Å². The van der Waals surface area contributed by atoms with Crippen LogP contribution < -0.4 is 15.2 Å². The summed E-state index contributed by atoms with van der Waals surface area (Å²) in [6.07, 6.45) is -6.00. The van der Waals surface area contributed by atoms with Crippen LogP contribution in [0.25, 0.3) is 0 Å². The van der Waals surface area contributed by atoms with Crippen LogP contribution in [0.4, 0.5) is 13.2 Å². The van der Waals surface area contributed by atoms with Crippen LogP contribution in [0.5, 0.6) is 5.75 Å². The second kappa shape index (κ2) is 10.5. The van der Waals surface area contributed by atoms with Crippen molar-refractivity contribution in [1.82, 2.24) is 5.32 Å². The van der Waals surface area contributed by atoms with Gasteiger partial charge in [0.15, 0.2) is 0 Å².